The Morgan fingerprint density at radius 1 is 1.47 bits per heavy atom. The largest absolute Gasteiger partial charge is 0.384 e. The number of thiazole rings is 1. The zero-order valence-electron chi connectivity index (χ0n) is 10.2. The van der Waals surface area contributed by atoms with E-state index < -0.39 is 5.60 Å². The van der Waals surface area contributed by atoms with Gasteiger partial charge in [0.1, 0.15) is 11.3 Å². The number of aromatic nitrogens is 4. The Labute approximate surface area is 104 Å². The van der Waals surface area contributed by atoms with Crippen molar-refractivity contribution >= 4 is 11.3 Å². The Bertz CT molecular complexity index is 498. The fraction of sp³-hybridized carbons (Fsp3) is 0.545. The van der Waals surface area contributed by atoms with Gasteiger partial charge in [-0.25, -0.2) is 4.98 Å². The molecule has 0 radical (unpaired) electrons. The van der Waals surface area contributed by atoms with Crippen LogP contribution < -0.4 is 0 Å². The Morgan fingerprint density at radius 2 is 2.24 bits per heavy atom. The average molecular weight is 252 g/mol. The van der Waals surface area contributed by atoms with Crippen LogP contribution in [-0.2, 0) is 18.6 Å². The molecule has 1 N–H and O–H groups in total. The summed E-state index contributed by atoms with van der Waals surface area (Å²) in [5.74, 6) is 0. The summed E-state index contributed by atoms with van der Waals surface area (Å²) in [5, 5.41) is 17.7. The molecule has 5 nitrogen and oxygen atoms in total. The van der Waals surface area contributed by atoms with Crippen LogP contribution in [0.2, 0.25) is 0 Å². The lowest BCUT2D eigenvalue weighted by Crippen LogP contribution is -2.15. The maximum Gasteiger partial charge on any atom is 0.114 e. The Kier molecular flexibility index (Phi) is 3.26. The number of hydrogen-bond donors (Lipinski definition) is 1. The van der Waals surface area contributed by atoms with Gasteiger partial charge in [0.25, 0.3) is 0 Å². The minimum atomic E-state index is -0.932. The molecule has 2 aromatic rings. The van der Waals surface area contributed by atoms with E-state index in [0.717, 1.165) is 18.7 Å². The van der Waals surface area contributed by atoms with Crippen molar-refractivity contribution in [3.8, 4) is 0 Å². The van der Waals surface area contributed by atoms with E-state index in [1.54, 1.807) is 36.1 Å². The number of rotatable bonds is 4. The van der Waals surface area contributed by atoms with Gasteiger partial charge in [0.15, 0.2) is 0 Å². The molecule has 92 valence electrons. The predicted octanol–water partition coefficient (Wildman–Crippen LogP) is 1.51. The van der Waals surface area contributed by atoms with Gasteiger partial charge in [0, 0.05) is 17.8 Å². The van der Waals surface area contributed by atoms with Crippen molar-refractivity contribution in [1.82, 2.24) is 20.0 Å². The van der Waals surface area contributed by atoms with Crippen LogP contribution in [0.3, 0.4) is 0 Å². The molecule has 0 spiro atoms. The number of hydrogen-bond acceptors (Lipinski definition) is 5. The quantitative estimate of drug-likeness (QED) is 0.896. The molecule has 0 saturated carbocycles. The fourth-order valence-corrected chi connectivity index (χ4v) is 2.24. The Morgan fingerprint density at radius 3 is 2.76 bits per heavy atom. The van der Waals surface area contributed by atoms with Crippen LogP contribution in [-0.4, -0.2) is 25.1 Å². The van der Waals surface area contributed by atoms with Crippen LogP contribution >= 0.6 is 11.3 Å². The molecule has 17 heavy (non-hydrogen) atoms. The van der Waals surface area contributed by atoms with Gasteiger partial charge in [-0.15, -0.1) is 16.4 Å². The van der Waals surface area contributed by atoms with Crippen molar-refractivity contribution in [2.75, 3.05) is 0 Å². The molecule has 0 fully saturated rings. The second-order valence-electron chi connectivity index (χ2n) is 4.54. The summed E-state index contributed by atoms with van der Waals surface area (Å²) >= 11 is 1.66. The van der Waals surface area contributed by atoms with Gasteiger partial charge in [-0.05, 0) is 20.8 Å². The molecule has 0 saturated heterocycles. The lowest BCUT2D eigenvalue weighted by atomic mass is 10.1. The van der Waals surface area contributed by atoms with Crippen molar-refractivity contribution in [2.45, 2.75) is 39.3 Å². The van der Waals surface area contributed by atoms with Crippen molar-refractivity contribution < 1.29 is 5.11 Å². The first-order chi connectivity index (χ1) is 7.97. The van der Waals surface area contributed by atoms with Gasteiger partial charge >= 0.3 is 0 Å². The highest BCUT2D eigenvalue weighted by molar-refractivity contribution is 7.09. The normalized spacial score (nSPS) is 12.0. The number of aliphatic hydroxyl groups is 1. The SMILES string of the molecule is Cc1ncsc1CCn1cc(C(C)(C)O)nn1. The first kappa shape index (κ1) is 12.2. The highest BCUT2D eigenvalue weighted by atomic mass is 32.1. The van der Waals surface area contributed by atoms with E-state index in [1.165, 1.54) is 4.88 Å². The van der Waals surface area contributed by atoms with E-state index in [-0.39, 0.29) is 0 Å². The third kappa shape index (κ3) is 2.89. The molecule has 0 unspecified atom stereocenters. The number of aryl methyl sites for hydroxylation is 3. The Hall–Kier alpha value is -1.27. The van der Waals surface area contributed by atoms with Crippen LogP contribution in [0.4, 0.5) is 0 Å². The second-order valence-corrected chi connectivity index (χ2v) is 5.48. The van der Waals surface area contributed by atoms with E-state index >= 15 is 0 Å². The lowest BCUT2D eigenvalue weighted by molar-refractivity contribution is 0.0737. The molecule has 0 aliphatic heterocycles. The molecule has 6 heteroatoms. The zero-order valence-corrected chi connectivity index (χ0v) is 11.0. The van der Waals surface area contributed by atoms with Crippen molar-refractivity contribution in [1.29, 1.82) is 0 Å². The zero-order chi connectivity index (χ0) is 12.5. The van der Waals surface area contributed by atoms with Crippen LogP contribution in [0.5, 0.6) is 0 Å². The van der Waals surface area contributed by atoms with E-state index in [9.17, 15) is 5.11 Å². The van der Waals surface area contributed by atoms with Crippen LogP contribution in [0.25, 0.3) is 0 Å². The van der Waals surface area contributed by atoms with E-state index in [4.69, 9.17) is 0 Å². The van der Waals surface area contributed by atoms with Crippen molar-refractivity contribution in [3.05, 3.63) is 28.0 Å². The second kappa shape index (κ2) is 4.54. The molecule has 2 rings (SSSR count). The first-order valence-electron chi connectivity index (χ1n) is 5.49. The third-order valence-electron chi connectivity index (χ3n) is 2.58. The standard InChI is InChI=1S/C11H16N4OS/c1-8-9(17-7-12-8)4-5-15-6-10(13-14-15)11(2,3)16/h6-7,16H,4-5H2,1-3H3. The molecule has 0 aliphatic rings. The summed E-state index contributed by atoms with van der Waals surface area (Å²) in [6.07, 6.45) is 2.68. The van der Waals surface area contributed by atoms with Gasteiger partial charge in [0.05, 0.1) is 17.4 Å². The van der Waals surface area contributed by atoms with E-state index in [0.29, 0.717) is 5.69 Å². The predicted molar refractivity (Wildman–Crippen MR) is 65.8 cm³/mol. The topological polar surface area (TPSA) is 63.8 Å². The molecule has 2 aromatic heterocycles. The Balaban J connectivity index is 2.01. The third-order valence-corrected chi connectivity index (χ3v) is 3.57. The van der Waals surface area contributed by atoms with E-state index in [1.807, 2.05) is 12.4 Å². The minimum absolute atomic E-state index is 0.596. The van der Waals surface area contributed by atoms with Gasteiger partial charge in [-0.3, -0.25) is 4.68 Å². The monoisotopic (exact) mass is 252 g/mol. The van der Waals surface area contributed by atoms with Gasteiger partial charge < -0.3 is 5.11 Å². The molecule has 0 bridgehead atoms. The van der Waals surface area contributed by atoms with Crippen LogP contribution in [0, 0.1) is 6.92 Å². The smallest absolute Gasteiger partial charge is 0.114 e. The number of nitrogens with zero attached hydrogens (tertiary/aromatic N) is 4. The van der Waals surface area contributed by atoms with E-state index in [2.05, 4.69) is 15.3 Å². The molecular weight excluding hydrogens is 236 g/mol. The fourth-order valence-electron chi connectivity index (χ4n) is 1.47. The van der Waals surface area contributed by atoms with Gasteiger partial charge in [0.2, 0.25) is 0 Å². The summed E-state index contributed by atoms with van der Waals surface area (Å²) in [6, 6.07) is 0. The minimum Gasteiger partial charge on any atom is -0.384 e. The molecule has 0 aromatic carbocycles. The summed E-state index contributed by atoms with van der Waals surface area (Å²) < 4.78 is 1.76. The maximum atomic E-state index is 9.77. The molecular formula is C11H16N4OS. The van der Waals surface area contributed by atoms with Gasteiger partial charge in [-0.2, -0.15) is 0 Å². The average Bonchev–Trinajstić information content (AvgIpc) is 2.82. The van der Waals surface area contributed by atoms with Crippen molar-refractivity contribution in [3.63, 3.8) is 0 Å². The summed E-state index contributed by atoms with van der Waals surface area (Å²) in [6.45, 7) is 6.17. The molecule has 0 atom stereocenters. The highest BCUT2D eigenvalue weighted by Gasteiger charge is 2.19. The summed E-state index contributed by atoms with van der Waals surface area (Å²) in [5.41, 5.74) is 2.60. The molecule has 2 heterocycles. The van der Waals surface area contributed by atoms with Crippen LogP contribution in [0.15, 0.2) is 11.7 Å². The highest BCUT2D eigenvalue weighted by Crippen LogP contribution is 2.17. The first-order valence-corrected chi connectivity index (χ1v) is 6.37. The summed E-state index contributed by atoms with van der Waals surface area (Å²) in [4.78, 5) is 5.48. The van der Waals surface area contributed by atoms with Crippen molar-refractivity contribution in [2.24, 2.45) is 0 Å². The van der Waals surface area contributed by atoms with Crippen LogP contribution in [0.1, 0.15) is 30.1 Å². The summed E-state index contributed by atoms with van der Waals surface area (Å²) in [7, 11) is 0. The lowest BCUT2D eigenvalue weighted by Gasteiger charge is -2.11. The molecule has 0 aliphatic carbocycles. The maximum absolute atomic E-state index is 9.77. The molecule has 0 amide bonds. The van der Waals surface area contributed by atoms with Gasteiger partial charge in [-0.1, -0.05) is 5.21 Å².